The number of ether oxygens (including phenoxy) is 1. The van der Waals surface area contributed by atoms with Crippen LogP contribution in [0.5, 0.6) is 0 Å². The zero-order valence-corrected chi connectivity index (χ0v) is 25.0. The van der Waals surface area contributed by atoms with Crippen molar-refractivity contribution in [3.63, 3.8) is 0 Å². The maximum atomic E-state index is 13.4. The molecule has 1 heterocycles. The Kier molecular flexibility index (Phi) is 8.47. The van der Waals surface area contributed by atoms with Gasteiger partial charge >= 0.3 is 0 Å². The smallest absolute Gasteiger partial charge is 0.232 e. The van der Waals surface area contributed by atoms with Gasteiger partial charge in [0.25, 0.3) is 0 Å². The first-order chi connectivity index (χ1) is 20.2. The van der Waals surface area contributed by atoms with E-state index in [1.54, 1.807) is 6.07 Å². The first kappa shape index (κ1) is 29.1. The average Bonchev–Trinajstić information content (AvgIpc) is 3.36. The lowest BCUT2D eigenvalue weighted by Crippen LogP contribution is -2.37. The topological polar surface area (TPSA) is 80.1 Å². The molecule has 42 heavy (non-hydrogen) atoms. The summed E-state index contributed by atoms with van der Waals surface area (Å²) in [6, 6.07) is 30.7. The summed E-state index contributed by atoms with van der Waals surface area (Å²) < 4.78 is 39.7. The molecule has 8 heteroatoms. The number of furan rings is 1. The molecule has 0 unspecified atom stereocenters. The summed E-state index contributed by atoms with van der Waals surface area (Å²) >= 11 is 0. The van der Waals surface area contributed by atoms with Gasteiger partial charge in [0.2, 0.25) is 10.0 Å². The lowest BCUT2D eigenvalue weighted by atomic mass is 9.97. The van der Waals surface area contributed by atoms with Gasteiger partial charge in [-0.3, -0.25) is 9.10 Å². The zero-order valence-electron chi connectivity index (χ0n) is 24.2. The van der Waals surface area contributed by atoms with E-state index in [0.29, 0.717) is 40.1 Å². The second-order valence-electron chi connectivity index (χ2n) is 10.4. The molecular formula is C34H34N2O5S. The van der Waals surface area contributed by atoms with Crippen molar-refractivity contribution in [2.45, 2.75) is 6.92 Å². The van der Waals surface area contributed by atoms with Crippen LogP contribution in [0.25, 0.3) is 33.4 Å². The van der Waals surface area contributed by atoms with Crippen molar-refractivity contribution in [1.29, 1.82) is 0 Å². The summed E-state index contributed by atoms with van der Waals surface area (Å²) in [7, 11) is -0.285. The van der Waals surface area contributed by atoms with Crippen LogP contribution in [0, 0.1) is 6.92 Å². The summed E-state index contributed by atoms with van der Waals surface area (Å²) in [6.07, 6.45) is 1.21. The van der Waals surface area contributed by atoms with Gasteiger partial charge in [0, 0.05) is 49.0 Å². The normalized spacial score (nSPS) is 11.5. The highest BCUT2D eigenvalue weighted by Gasteiger charge is 2.27. The monoisotopic (exact) mass is 582 g/mol. The number of carbonyl (C=O) groups excluding carboxylic acids is 1. The average molecular weight is 583 g/mol. The second kappa shape index (κ2) is 12.2. The van der Waals surface area contributed by atoms with E-state index in [1.165, 1.54) is 17.7 Å². The maximum absolute atomic E-state index is 13.4. The van der Waals surface area contributed by atoms with Crippen LogP contribution in [0.3, 0.4) is 0 Å². The van der Waals surface area contributed by atoms with Gasteiger partial charge in [-0.1, -0.05) is 78.4 Å². The van der Waals surface area contributed by atoms with Gasteiger partial charge in [0.1, 0.15) is 18.0 Å². The van der Waals surface area contributed by atoms with Crippen LogP contribution in [0.1, 0.15) is 15.9 Å². The van der Waals surface area contributed by atoms with Gasteiger partial charge < -0.3 is 14.1 Å². The molecule has 0 aliphatic heterocycles. The van der Waals surface area contributed by atoms with Crippen molar-refractivity contribution in [2.24, 2.45) is 0 Å². The molecule has 7 nitrogen and oxygen atoms in total. The number of methoxy groups -OCH3 is 1. The Balaban J connectivity index is 1.71. The van der Waals surface area contributed by atoms with E-state index in [0.717, 1.165) is 22.4 Å². The van der Waals surface area contributed by atoms with Crippen LogP contribution in [0.15, 0.2) is 101 Å². The number of aryl methyl sites for hydroxylation is 1. The largest absolute Gasteiger partial charge is 0.455 e. The molecule has 0 aliphatic rings. The van der Waals surface area contributed by atoms with Crippen molar-refractivity contribution >= 4 is 38.2 Å². The summed E-state index contributed by atoms with van der Waals surface area (Å²) in [5.41, 5.74) is 5.63. The third-order valence-corrected chi connectivity index (χ3v) is 8.44. The number of hydrogen-bond acceptors (Lipinski definition) is 6. The Morgan fingerprint density at radius 2 is 1.50 bits per heavy atom. The van der Waals surface area contributed by atoms with Crippen LogP contribution in [-0.2, 0) is 14.8 Å². The predicted octanol–water partition coefficient (Wildman–Crippen LogP) is 6.81. The minimum absolute atomic E-state index is 0.114. The number of benzene rings is 4. The molecule has 5 aromatic rings. The summed E-state index contributed by atoms with van der Waals surface area (Å²) in [6.45, 7) is 2.54. The van der Waals surface area contributed by atoms with Crippen molar-refractivity contribution in [3.05, 3.63) is 108 Å². The number of rotatable bonds is 11. The molecule has 0 N–H and O–H groups in total. The van der Waals surface area contributed by atoms with Crippen molar-refractivity contribution in [3.8, 4) is 22.5 Å². The number of nitrogens with zero attached hydrogens (tertiary/aromatic N) is 2. The molecule has 1 aromatic heterocycles. The highest BCUT2D eigenvalue weighted by Crippen LogP contribution is 2.41. The number of para-hydroxylation sites is 1. The fraction of sp³-hybridized carbons (Fsp3) is 0.206. The Morgan fingerprint density at radius 3 is 2.12 bits per heavy atom. The molecule has 0 radical (unpaired) electrons. The minimum atomic E-state index is -3.70. The fourth-order valence-corrected chi connectivity index (χ4v) is 6.01. The number of likely N-dealkylation sites (N-methyl/N-ethyl adjacent to an activating group) is 1. The van der Waals surface area contributed by atoms with E-state index in [1.807, 2.05) is 110 Å². The number of ketones is 1. The van der Waals surface area contributed by atoms with Crippen molar-refractivity contribution in [1.82, 2.24) is 0 Å². The molecule has 0 amide bonds. The number of Topliss-reactive ketones (excluding diaryl/α,β-unsaturated/α-hetero) is 1. The standard InChI is InChI=1S/C34H34N2O5S/c1-24-15-17-26(18-16-24)34-33(31(37)23-40-3)29-21-28(25-11-7-5-8-12-25)30(22-32(29)41-34)36(42(4,38)39)20-19-35(2)27-13-9-6-10-14-27/h5-18,21-22H,19-20,23H2,1-4H3. The van der Waals surface area contributed by atoms with E-state index in [9.17, 15) is 13.2 Å². The highest BCUT2D eigenvalue weighted by atomic mass is 32.2. The van der Waals surface area contributed by atoms with Gasteiger partial charge in [0.15, 0.2) is 5.78 Å². The zero-order chi connectivity index (χ0) is 29.9. The quantitative estimate of drug-likeness (QED) is 0.159. The van der Waals surface area contributed by atoms with E-state index in [2.05, 4.69) is 0 Å². The third-order valence-electron chi connectivity index (χ3n) is 7.26. The maximum Gasteiger partial charge on any atom is 0.232 e. The van der Waals surface area contributed by atoms with Gasteiger partial charge in [-0.25, -0.2) is 8.42 Å². The minimum Gasteiger partial charge on any atom is -0.455 e. The number of fused-ring (bicyclic) bond motifs is 1. The molecule has 0 saturated heterocycles. The van der Waals surface area contributed by atoms with E-state index < -0.39 is 10.0 Å². The van der Waals surface area contributed by atoms with Crippen LogP contribution < -0.4 is 9.21 Å². The molecule has 0 fully saturated rings. The fourth-order valence-electron chi connectivity index (χ4n) is 5.09. The molecule has 5 rings (SSSR count). The summed E-state index contributed by atoms with van der Waals surface area (Å²) in [4.78, 5) is 15.4. The predicted molar refractivity (Wildman–Crippen MR) is 170 cm³/mol. The van der Waals surface area contributed by atoms with E-state index in [-0.39, 0.29) is 18.9 Å². The van der Waals surface area contributed by atoms with Gasteiger partial charge in [-0.15, -0.1) is 0 Å². The number of anilines is 2. The molecule has 0 aliphatic carbocycles. The van der Waals surface area contributed by atoms with Gasteiger partial charge in [-0.05, 0) is 30.7 Å². The van der Waals surface area contributed by atoms with E-state index >= 15 is 0 Å². The Labute approximate surface area is 247 Å². The number of carbonyl (C=O) groups is 1. The first-order valence-corrected chi connectivity index (χ1v) is 15.5. The first-order valence-electron chi connectivity index (χ1n) is 13.7. The van der Waals surface area contributed by atoms with Crippen LogP contribution in [0.4, 0.5) is 11.4 Å². The Morgan fingerprint density at radius 1 is 0.857 bits per heavy atom. The third kappa shape index (κ3) is 6.10. The van der Waals surface area contributed by atoms with Crippen molar-refractivity contribution < 1.29 is 22.4 Å². The van der Waals surface area contributed by atoms with Gasteiger partial charge in [0.05, 0.1) is 24.1 Å². The van der Waals surface area contributed by atoms with Gasteiger partial charge in [-0.2, -0.15) is 0 Å². The van der Waals surface area contributed by atoms with E-state index in [4.69, 9.17) is 9.15 Å². The van der Waals surface area contributed by atoms with Crippen LogP contribution in [-0.4, -0.2) is 54.3 Å². The molecular weight excluding hydrogens is 548 g/mol. The van der Waals surface area contributed by atoms with Crippen LogP contribution >= 0.6 is 0 Å². The lowest BCUT2D eigenvalue weighted by molar-refractivity contribution is 0.0849. The number of hydrogen-bond donors (Lipinski definition) is 0. The highest BCUT2D eigenvalue weighted by molar-refractivity contribution is 7.92. The van der Waals surface area contributed by atoms with Crippen molar-refractivity contribution in [2.75, 3.05) is 49.3 Å². The number of sulfonamides is 1. The molecule has 0 atom stereocenters. The second-order valence-corrected chi connectivity index (χ2v) is 12.3. The Bertz CT molecular complexity index is 1800. The SMILES string of the molecule is COCC(=O)c1c(-c2ccc(C)cc2)oc2cc(N(CCN(C)c3ccccc3)S(C)(=O)=O)c(-c3ccccc3)cc12. The Hall–Kier alpha value is -4.40. The molecule has 4 aromatic carbocycles. The van der Waals surface area contributed by atoms with Crippen LogP contribution in [0.2, 0.25) is 0 Å². The molecule has 0 saturated carbocycles. The summed E-state index contributed by atoms with van der Waals surface area (Å²) in [5, 5.41) is 0.602. The molecule has 0 spiro atoms. The lowest BCUT2D eigenvalue weighted by Gasteiger charge is -2.28. The molecule has 216 valence electrons. The molecule has 0 bridgehead atoms. The summed E-state index contributed by atoms with van der Waals surface area (Å²) in [5.74, 6) is 0.209.